The van der Waals surface area contributed by atoms with Crippen molar-refractivity contribution in [3.63, 3.8) is 0 Å². The Labute approximate surface area is 127 Å². The quantitative estimate of drug-likeness (QED) is 0.612. The third-order valence-electron chi connectivity index (χ3n) is 2.93. The molecule has 0 bridgehead atoms. The van der Waals surface area contributed by atoms with Crippen molar-refractivity contribution in [3.05, 3.63) is 23.8 Å². The van der Waals surface area contributed by atoms with Crippen molar-refractivity contribution in [2.45, 2.75) is 33.2 Å². The Kier molecular flexibility index (Phi) is 7.73. The molecule has 0 aliphatic heterocycles. The van der Waals surface area contributed by atoms with E-state index in [1.165, 1.54) is 4.31 Å². The fourth-order valence-electron chi connectivity index (χ4n) is 1.73. The molecule has 0 amide bonds. The molecule has 7 nitrogen and oxygen atoms in total. The van der Waals surface area contributed by atoms with Gasteiger partial charge in [-0.15, -0.1) is 0 Å². The maximum absolute atomic E-state index is 12.1. The van der Waals surface area contributed by atoms with E-state index < -0.39 is 10.2 Å². The molecular formula is C13H25N5O2S. The average molecular weight is 315 g/mol. The van der Waals surface area contributed by atoms with E-state index in [1.54, 1.807) is 26.2 Å². The molecule has 1 heterocycles. The van der Waals surface area contributed by atoms with Gasteiger partial charge < -0.3 is 5.32 Å². The first-order valence-electron chi connectivity index (χ1n) is 7.16. The lowest BCUT2D eigenvalue weighted by molar-refractivity contribution is 0.444. The molecule has 0 aliphatic carbocycles. The first-order chi connectivity index (χ1) is 9.95. The van der Waals surface area contributed by atoms with Crippen molar-refractivity contribution >= 4 is 10.2 Å². The Morgan fingerprint density at radius 1 is 1.33 bits per heavy atom. The highest BCUT2D eigenvalue weighted by atomic mass is 32.2. The fourth-order valence-corrected chi connectivity index (χ4v) is 2.65. The minimum atomic E-state index is -3.47. The molecule has 0 spiro atoms. The van der Waals surface area contributed by atoms with Gasteiger partial charge in [-0.2, -0.15) is 17.4 Å². The highest BCUT2D eigenvalue weighted by Crippen LogP contribution is 1.99. The van der Waals surface area contributed by atoms with Gasteiger partial charge in [-0.3, -0.25) is 0 Å². The zero-order chi connectivity index (χ0) is 15.7. The van der Waals surface area contributed by atoms with E-state index in [2.05, 4.69) is 26.9 Å². The van der Waals surface area contributed by atoms with Crippen LogP contribution in [-0.2, 0) is 16.8 Å². The number of rotatable bonds is 10. The predicted molar refractivity (Wildman–Crippen MR) is 82.9 cm³/mol. The number of nitrogens with one attached hydrogen (secondary N) is 2. The van der Waals surface area contributed by atoms with E-state index in [4.69, 9.17) is 0 Å². The van der Waals surface area contributed by atoms with Gasteiger partial charge in [0.2, 0.25) is 0 Å². The smallest absolute Gasteiger partial charge is 0.279 e. The molecule has 0 aromatic carbocycles. The molecule has 1 aromatic heterocycles. The molecule has 1 rings (SSSR count). The molecule has 21 heavy (non-hydrogen) atoms. The number of hydrogen-bond donors (Lipinski definition) is 2. The van der Waals surface area contributed by atoms with Crippen molar-refractivity contribution in [2.75, 3.05) is 26.7 Å². The zero-order valence-corrected chi connectivity index (χ0v) is 13.8. The molecule has 0 saturated carbocycles. The third kappa shape index (κ3) is 6.94. The SMILES string of the molecule is CCCNCCCN(C)S(=O)(=O)NCc1ccnc(C)n1. The Morgan fingerprint density at radius 2 is 2.10 bits per heavy atom. The van der Waals surface area contributed by atoms with Gasteiger partial charge in [0.1, 0.15) is 5.82 Å². The first kappa shape index (κ1) is 18.0. The zero-order valence-electron chi connectivity index (χ0n) is 13.0. The Balaban J connectivity index is 2.38. The lowest BCUT2D eigenvalue weighted by Gasteiger charge is -2.17. The molecule has 0 saturated heterocycles. The summed E-state index contributed by atoms with van der Waals surface area (Å²) >= 11 is 0. The molecule has 0 atom stereocenters. The van der Waals surface area contributed by atoms with E-state index in [-0.39, 0.29) is 6.54 Å². The van der Waals surface area contributed by atoms with Crippen LogP contribution in [0.2, 0.25) is 0 Å². The molecule has 0 fully saturated rings. The molecule has 0 unspecified atom stereocenters. The van der Waals surface area contributed by atoms with Crippen LogP contribution in [0.15, 0.2) is 12.3 Å². The first-order valence-corrected chi connectivity index (χ1v) is 8.60. The van der Waals surface area contributed by atoms with Gasteiger partial charge in [0.15, 0.2) is 0 Å². The van der Waals surface area contributed by atoms with Crippen LogP contribution in [0.1, 0.15) is 31.3 Å². The second kappa shape index (κ2) is 9.04. The Morgan fingerprint density at radius 3 is 2.76 bits per heavy atom. The minimum absolute atomic E-state index is 0.171. The highest BCUT2D eigenvalue weighted by molar-refractivity contribution is 7.87. The molecule has 120 valence electrons. The van der Waals surface area contributed by atoms with Gasteiger partial charge in [-0.1, -0.05) is 6.92 Å². The summed E-state index contributed by atoms with van der Waals surface area (Å²) in [5, 5.41) is 3.25. The van der Waals surface area contributed by atoms with Crippen LogP contribution in [0.4, 0.5) is 0 Å². The Hall–Kier alpha value is -1.09. The highest BCUT2D eigenvalue weighted by Gasteiger charge is 2.16. The summed E-state index contributed by atoms with van der Waals surface area (Å²) in [5.41, 5.74) is 0.657. The topological polar surface area (TPSA) is 87.2 Å². The van der Waals surface area contributed by atoms with E-state index in [0.717, 1.165) is 25.9 Å². The maximum Gasteiger partial charge on any atom is 0.279 e. The summed E-state index contributed by atoms with van der Waals surface area (Å²) in [6.45, 7) is 6.30. The summed E-state index contributed by atoms with van der Waals surface area (Å²) in [6, 6.07) is 1.70. The standard InChI is InChI=1S/C13H25N5O2S/c1-4-7-14-8-5-10-18(3)21(19,20)16-11-13-6-9-15-12(2)17-13/h6,9,14,16H,4-5,7-8,10-11H2,1-3H3. The van der Waals surface area contributed by atoms with Gasteiger partial charge in [-0.25, -0.2) is 9.97 Å². The third-order valence-corrected chi connectivity index (χ3v) is 4.45. The molecule has 0 radical (unpaired) electrons. The van der Waals surface area contributed by atoms with Crippen LogP contribution in [0.5, 0.6) is 0 Å². The molecular weight excluding hydrogens is 290 g/mol. The van der Waals surface area contributed by atoms with Crippen LogP contribution in [0.3, 0.4) is 0 Å². The van der Waals surface area contributed by atoms with Crippen LogP contribution in [-0.4, -0.2) is 49.4 Å². The molecule has 8 heteroatoms. The summed E-state index contributed by atoms with van der Waals surface area (Å²) in [6.07, 6.45) is 3.48. The van der Waals surface area contributed by atoms with Crippen LogP contribution >= 0.6 is 0 Å². The van der Waals surface area contributed by atoms with Crippen LogP contribution in [0.25, 0.3) is 0 Å². The molecule has 2 N–H and O–H groups in total. The van der Waals surface area contributed by atoms with Crippen molar-refractivity contribution in [2.24, 2.45) is 0 Å². The van der Waals surface area contributed by atoms with Crippen LogP contribution < -0.4 is 10.0 Å². The fraction of sp³-hybridized carbons (Fsp3) is 0.692. The predicted octanol–water partition coefficient (Wildman–Crippen LogP) is 0.441. The van der Waals surface area contributed by atoms with Crippen molar-refractivity contribution < 1.29 is 8.42 Å². The molecule has 0 aliphatic rings. The normalized spacial score (nSPS) is 12.0. The van der Waals surface area contributed by atoms with E-state index in [1.807, 2.05) is 0 Å². The number of hydrogen-bond acceptors (Lipinski definition) is 5. The second-order valence-electron chi connectivity index (χ2n) is 4.85. The number of nitrogens with zero attached hydrogens (tertiary/aromatic N) is 3. The largest absolute Gasteiger partial charge is 0.317 e. The van der Waals surface area contributed by atoms with Gasteiger partial charge in [0.25, 0.3) is 10.2 Å². The summed E-state index contributed by atoms with van der Waals surface area (Å²) in [4.78, 5) is 8.14. The van der Waals surface area contributed by atoms with Crippen LogP contribution in [0, 0.1) is 6.92 Å². The van der Waals surface area contributed by atoms with E-state index in [0.29, 0.717) is 18.1 Å². The number of aryl methyl sites for hydroxylation is 1. The van der Waals surface area contributed by atoms with Crippen molar-refractivity contribution in [3.8, 4) is 0 Å². The monoisotopic (exact) mass is 315 g/mol. The van der Waals surface area contributed by atoms with Gasteiger partial charge >= 0.3 is 0 Å². The maximum atomic E-state index is 12.1. The van der Waals surface area contributed by atoms with Crippen molar-refractivity contribution in [1.29, 1.82) is 0 Å². The molecule has 1 aromatic rings. The van der Waals surface area contributed by atoms with Gasteiger partial charge in [-0.05, 0) is 38.9 Å². The summed E-state index contributed by atoms with van der Waals surface area (Å²) in [5.74, 6) is 0.627. The lowest BCUT2D eigenvalue weighted by atomic mass is 10.4. The van der Waals surface area contributed by atoms with Crippen molar-refractivity contribution in [1.82, 2.24) is 24.3 Å². The lowest BCUT2D eigenvalue weighted by Crippen LogP contribution is -2.39. The summed E-state index contributed by atoms with van der Waals surface area (Å²) in [7, 11) is -1.89. The van der Waals surface area contributed by atoms with Gasteiger partial charge in [0.05, 0.1) is 12.2 Å². The Bertz CT molecular complexity index is 521. The van der Waals surface area contributed by atoms with E-state index in [9.17, 15) is 8.42 Å². The second-order valence-corrected chi connectivity index (χ2v) is 6.71. The number of aromatic nitrogens is 2. The van der Waals surface area contributed by atoms with E-state index >= 15 is 0 Å². The average Bonchev–Trinajstić information content (AvgIpc) is 2.45. The minimum Gasteiger partial charge on any atom is -0.317 e. The van der Waals surface area contributed by atoms with Gasteiger partial charge in [0, 0.05) is 19.8 Å². The summed E-state index contributed by atoms with van der Waals surface area (Å²) < 4.78 is 28.0.